The first-order valence-corrected chi connectivity index (χ1v) is 16.9. The number of benzene rings is 7. The van der Waals surface area contributed by atoms with E-state index in [1.165, 1.54) is 83.2 Å². The molecule has 0 atom stereocenters. The van der Waals surface area contributed by atoms with Gasteiger partial charge in [0, 0.05) is 33.2 Å². The summed E-state index contributed by atoms with van der Waals surface area (Å²) < 4.78 is 2.50. The van der Waals surface area contributed by atoms with Crippen LogP contribution in [-0.2, 0) is 5.41 Å². The standard InChI is InChI=1S/C45H33BN2/c1-45(2)36-26-24-32(30-14-5-3-6-15-30)28-42(36)48(43-29-33(25-27-37(43)45)31-16-7-4-8-17-31)46-38-20-10-12-23-41(38)47-40-22-11-9-18-34(40)35-19-13-21-39(46)44(35)47/h3-29H,1-2H3. The quantitative estimate of drug-likeness (QED) is 0.180. The van der Waals surface area contributed by atoms with Gasteiger partial charge in [0.1, 0.15) is 0 Å². The Hall–Kier alpha value is -5.80. The van der Waals surface area contributed by atoms with Gasteiger partial charge in [0.05, 0.1) is 11.0 Å². The number of rotatable bonds is 3. The summed E-state index contributed by atoms with van der Waals surface area (Å²) in [5, 5.41) is 2.60. The van der Waals surface area contributed by atoms with Crippen LogP contribution < -0.4 is 15.7 Å². The van der Waals surface area contributed by atoms with Gasteiger partial charge in [0.2, 0.25) is 0 Å². The SMILES string of the molecule is CC1(C)c2ccc(-c3ccccc3)cc2N(B2c3ccccc3-n3c4ccccc4c4cccc2c43)c2cc(-c3ccccc3)ccc21. The van der Waals surface area contributed by atoms with Crippen LogP contribution in [0.3, 0.4) is 0 Å². The molecule has 0 bridgehead atoms. The number of para-hydroxylation sites is 3. The van der Waals surface area contributed by atoms with E-state index in [0.717, 1.165) is 0 Å². The summed E-state index contributed by atoms with van der Waals surface area (Å²) in [6.45, 7) is 4.74. The fourth-order valence-electron chi connectivity index (χ4n) is 8.58. The van der Waals surface area contributed by atoms with Crippen molar-refractivity contribution < 1.29 is 0 Å². The van der Waals surface area contributed by atoms with Crippen molar-refractivity contribution in [1.29, 1.82) is 0 Å². The van der Waals surface area contributed by atoms with Gasteiger partial charge < -0.3 is 9.38 Å². The molecule has 0 N–H and O–H groups in total. The molecule has 0 saturated heterocycles. The van der Waals surface area contributed by atoms with E-state index in [1.54, 1.807) is 0 Å². The third-order valence-corrected chi connectivity index (χ3v) is 10.8. The highest BCUT2D eigenvalue weighted by Crippen LogP contribution is 2.51. The minimum atomic E-state index is -0.194. The maximum atomic E-state index is 2.67. The summed E-state index contributed by atoms with van der Waals surface area (Å²) >= 11 is 0. The Morgan fingerprint density at radius 2 is 0.979 bits per heavy atom. The minimum absolute atomic E-state index is 0.0349. The molecule has 0 unspecified atom stereocenters. The molecule has 0 amide bonds. The van der Waals surface area contributed by atoms with Crippen molar-refractivity contribution in [2.24, 2.45) is 0 Å². The molecule has 0 radical (unpaired) electrons. The van der Waals surface area contributed by atoms with Crippen molar-refractivity contribution in [3.63, 3.8) is 0 Å². The Labute approximate surface area is 281 Å². The minimum Gasteiger partial charge on any atom is -0.376 e. The molecule has 0 saturated carbocycles. The van der Waals surface area contributed by atoms with Gasteiger partial charge >= 0.3 is 6.85 Å². The van der Waals surface area contributed by atoms with Crippen LogP contribution in [0.2, 0.25) is 0 Å². The third kappa shape index (κ3) is 3.76. The van der Waals surface area contributed by atoms with Crippen molar-refractivity contribution in [3.8, 4) is 27.9 Å². The summed E-state index contributed by atoms with van der Waals surface area (Å²) in [5.41, 5.74) is 16.4. The maximum absolute atomic E-state index is 2.67. The molecule has 8 aromatic rings. The first-order chi connectivity index (χ1) is 23.6. The van der Waals surface area contributed by atoms with Crippen LogP contribution in [0.4, 0.5) is 11.4 Å². The number of aromatic nitrogens is 1. The average molecular weight is 613 g/mol. The van der Waals surface area contributed by atoms with Gasteiger partial charge in [-0.2, -0.15) is 0 Å². The first kappa shape index (κ1) is 27.3. The molecule has 48 heavy (non-hydrogen) atoms. The van der Waals surface area contributed by atoms with E-state index in [9.17, 15) is 0 Å². The van der Waals surface area contributed by atoms with Crippen LogP contribution in [-0.4, -0.2) is 11.4 Å². The Morgan fingerprint density at radius 3 is 1.65 bits per heavy atom. The smallest absolute Gasteiger partial charge is 0.332 e. The van der Waals surface area contributed by atoms with Crippen molar-refractivity contribution >= 4 is 51.0 Å². The number of hydrogen-bond donors (Lipinski definition) is 0. The van der Waals surface area contributed by atoms with E-state index in [2.05, 4.69) is 187 Å². The number of nitrogens with zero attached hydrogens (tertiary/aromatic N) is 2. The zero-order valence-electron chi connectivity index (χ0n) is 27.1. The molecular formula is C45H33BN2. The second kappa shape index (κ2) is 10.1. The molecule has 7 aromatic carbocycles. The fourth-order valence-corrected chi connectivity index (χ4v) is 8.58. The van der Waals surface area contributed by atoms with E-state index in [0.29, 0.717) is 0 Å². The van der Waals surface area contributed by atoms with Gasteiger partial charge in [-0.25, -0.2) is 0 Å². The molecule has 3 heteroatoms. The second-order valence-electron chi connectivity index (χ2n) is 13.7. The van der Waals surface area contributed by atoms with Gasteiger partial charge in [0.25, 0.3) is 0 Å². The fraction of sp³-hybridized carbons (Fsp3) is 0.0667. The lowest BCUT2D eigenvalue weighted by atomic mass is 9.46. The normalized spacial score (nSPS) is 14.1. The summed E-state index contributed by atoms with van der Waals surface area (Å²) in [5.74, 6) is 0. The van der Waals surface area contributed by atoms with Gasteiger partial charge in [-0.3, -0.25) is 0 Å². The van der Waals surface area contributed by atoms with E-state index in [-0.39, 0.29) is 12.3 Å². The molecule has 1 aromatic heterocycles. The van der Waals surface area contributed by atoms with Crippen molar-refractivity contribution in [2.75, 3.05) is 4.81 Å². The average Bonchev–Trinajstić information content (AvgIpc) is 3.49. The van der Waals surface area contributed by atoms with E-state index in [1.807, 2.05) is 0 Å². The number of anilines is 2. The van der Waals surface area contributed by atoms with Crippen molar-refractivity contribution in [1.82, 2.24) is 4.57 Å². The molecule has 2 nitrogen and oxygen atoms in total. The monoisotopic (exact) mass is 612 g/mol. The summed E-state index contributed by atoms with van der Waals surface area (Å²) in [6.07, 6.45) is 0. The van der Waals surface area contributed by atoms with E-state index >= 15 is 0 Å². The maximum Gasteiger partial charge on any atom is 0.332 e. The molecule has 0 fully saturated rings. The Bertz CT molecular complexity index is 2450. The second-order valence-corrected chi connectivity index (χ2v) is 13.7. The zero-order chi connectivity index (χ0) is 32.0. The lowest BCUT2D eigenvalue weighted by molar-refractivity contribution is 0.634. The Kier molecular flexibility index (Phi) is 5.75. The summed E-state index contributed by atoms with van der Waals surface area (Å²) in [7, 11) is 0. The molecule has 226 valence electrons. The van der Waals surface area contributed by atoms with Crippen LogP contribution in [0.1, 0.15) is 25.0 Å². The van der Waals surface area contributed by atoms with Crippen LogP contribution in [0.5, 0.6) is 0 Å². The van der Waals surface area contributed by atoms with Gasteiger partial charge in [-0.05, 0) is 68.6 Å². The van der Waals surface area contributed by atoms with Crippen LogP contribution >= 0.6 is 0 Å². The zero-order valence-corrected chi connectivity index (χ0v) is 27.1. The summed E-state index contributed by atoms with van der Waals surface area (Å²) in [4.78, 5) is 2.67. The highest BCUT2D eigenvalue weighted by atomic mass is 15.1. The van der Waals surface area contributed by atoms with Crippen LogP contribution in [0, 0.1) is 0 Å². The predicted molar refractivity (Wildman–Crippen MR) is 204 cm³/mol. The largest absolute Gasteiger partial charge is 0.376 e. The lowest BCUT2D eigenvalue weighted by Gasteiger charge is -2.46. The molecule has 2 aliphatic rings. The predicted octanol–water partition coefficient (Wildman–Crippen LogP) is 10.0. The van der Waals surface area contributed by atoms with Crippen LogP contribution in [0.25, 0.3) is 49.7 Å². The molecule has 10 rings (SSSR count). The van der Waals surface area contributed by atoms with Crippen molar-refractivity contribution in [3.05, 3.63) is 175 Å². The molecule has 3 heterocycles. The highest BCUT2D eigenvalue weighted by Gasteiger charge is 2.44. The lowest BCUT2D eigenvalue weighted by Crippen LogP contribution is -2.59. The van der Waals surface area contributed by atoms with Gasteiger partial charge in [0.15, 0.2) is 0 Å². The van der Waals surface area contributed by atoms with Crippen molar-refractivity contribution in [2.45, 2.75) is 19.3 Å². The van der Waals surface area contributed by atoms with Crippen LogP contribution in [0.15, 0.2) is 164 Å². The van der Waals surface area contributed by atoms with E-state index < -0.39 is 0 Å². The molecular weight excluding hydrogens is 579 g/mol. The number of fused-ring (bicyclic) bond motifs is 7. The highest BCUT2D eigenvalue weighted by molar-refractivity contribution is 6.92. The summed E-state index contributed by atoms with van der Waals surface area (Å²) in [6, 6.07) is 60.7. The van der Waals surface area contributed by atoms with Gasteiger partial charge in [-0.1, -0.05) is 153 Å². The molecule has 0 aliphatic carbocycles. The molecule has 2 aliphatic heterocycles. The molecule has 0 spiro atoms. The van der Waals surface area contributed by atoms with Gasteiger partial charge in [-0.15, -0.1) is 0 Å². The Balaban J connectivity index is 1.32. The topological polar surface area (TPSA) is 8.17 Å². The Morgan fingerprint density at radius 1 is 0.438 bits per heavy atom. The third-order valence-electron chi connectivity index (χ3n) is 10.8. The van der Waals surface area contributed by atoms with E-state index in [4.69, 9.17) is 0 Å². The number of hydrogen-bond acceptors (Lipinski definition) is 1. The first-order valence-electron chi connectivity index (χ1n) is 16.9.